The maximum Gasteiger partial charge on any atom is 0.516 e. The molecule has 0 radical (unpaired) electrons. The molecule has 0 atom stereocenters. The van der Waals surface area contributed by atoms with Gasteiger partial charge in [-0.1, -0.05) is 44.8 Å². The van der Waals surface area contributed by atoms with Gasteiger partial charge in [0.15, 0.2) is 0 Å². The normalized spacial score (nSPS) is 12.3. The molecule has 140 valence electrons. The quantitative estimate of drug-likeness (QED) is 0.517. The lowest BCUT2D eigenvalue weighted by Crippen LogP contribution is -2.30. The van der Waals surface area contributed by atoms with Crippen molar-refractivity contribution in [3.63, 3.8) is 0 Å². The summed E-state index contributed by atoms with van der Waals surface area (Å²) in [5, 5.41) is 3.70. The predicted octanol–water partition coefficient (Wildman–Crippen LogP) is 4.57. The molecule has 2 aromatic carbocycles. The van der Waals surface area contributed by atoms with E-state index in [1.54, 1.807) is 6.92 Å². The Balaban J connectivity index is 2.13. The number of hydrogen-bond acceptors (Lipinski definition) is 4. The average molecular weight is 451 g/mol. The molecule has 5 nitrogen and oxygen atoms in total. The monoisotopic (exact) mass is 450 g/mol. The maximum atomic E-state index is 12.5. The molecule has 0 fully saturated rings. The van der Waals surface area contributed by atoms with Crippen LogP contribution in [0.5, 0.6) is 0 Å². The largest absolute Gasteiger partial charge is 0.516 e. The lowest BCUT2D eigenvalue weighted by molar-refractivity contribution is -0.0429. The number of nitrogens with one attached hydrogen (secondary N) is 1. The fourth-order valence-electron chi connectivity index (χ4n) is 1.87. The van der Waals surface area contributed by atoms with Gasteiger partial charge in [-0.3, -0.25) is 4.72 Å². The zero-order valence-corrected chi connectivity index (χ0v) is 15.8. The summed E-state index contributed by atoms with van der Waals surface area (Å²) in [7, 11) is -5.52. The van der Waals surface area contributed by atoms with Crippen molar-refractivity contribution in [2.24, 2.45) is 5.16 Å². The van der Waals surface area contributed by atoms with E-state index >= 15 is 0 Å². The Morgan fingerprint density at radius 1 is 1.19 bits per heavy atom. The van der Waals surface area contributed by atoms with Crippen molar-refractivity contribution >= 4 is 37.9 Å². The van der Waals surface area contributed by atoms with Crippen molar-refractivity contribution in [3.8, 4) is 0 Å². The topological polar surface area (TPSA) is 67.8 Å². The van der Waals surface area contributed by atoms with E-state index in [9.17, 15) is 21.6 Å². The number of anilines is 1. The Labute approximate surface area is 157 Å². The van der Waals surface area contributed by atoms with Crippen LogP contribution in [0.4, 0.5) is 18.9 Å². The van der Waals surface area contributed by atoms with Crippen LogP contribution in [-0.4, -0.2) is 20.1 Å². The first-order chi connectivity index (χ1) is 12.1. The fraction of sp³-hybridized carbons (Fsp3) is 0.188. The first kappa shape index (κ1) is 20.2. The molecule has 0 spiro atoms. The molecule has 2 aromatic rings. The molecule has 26 heavy (non-hydrogen) atoms. The third kappa shape index (κ3) is 5.46. The second kappa shape index (κ2) is 8.09. The van der Waals surface area contributed by atoms with E-state index in [1.807, 2.05) is 24.3 Å². The van der Waals surface area contributed by atoms with Gasteiger partial charge in [-0.25, -0.2) is 0 Å². The highest BCUT2D eigenvalue weighted by Gasteiger charge is 2.46. The first-order valence-corrected chi connectivity index (χ1v) is 9.45. The second-order valence-corrected chi connectivity index (χ2v) is 7.87. The standard InChI is InChI=1S/C16H14BrF3N2O3S/c1-11-2-7-15(22-26(23,24)16(18,19)20)13(8-11)9-21-25-10-12-3-5-14(17)6-4-12/h2-9,22H,10H2,1H3/b21-9+. The van der Waals surface area contributed by atoms with Crippen molar-refractivity contribution in [1.82, 2.24) is 0 Å². The van der Waals surface area contributed by atoms with Crippen molar-refractivity contribution in [2.75, 3.05) is 4.72 Å². The van der Waals surface area contributed by atoms with Crippen LogP contribution in [-0.2, 0) is 21.5 Å². The molecule has 0 amide bonds. The molecule has 0 saturated carbocycles. The Kier molecular flexibility index (Phi) is 6.30. The number of rotatable bonds is 6. The molecule has 0 aliphatic rings. The number of nitrogens with zero attached hydrogens (tertiary/aromatic N) is 1. The molecular formula is C16H14BrF3N2O3S. The fourth-order valence-corrected chi connectivity index (χ4v) is 2.73. The van der Waals surface area contributed by atoms with Crippen LogP contribution >= 0.6 is 15.9 Å². The highest BCUT2D eigenvalue weighted by molar-refractivity contribution is 9.10. The number of benzene rings is 2. The molecule has 0 unspecified atom stereocenters. The molecule has 0 heterocycles. The molecular weight excluding hydrogens is 437 g/mol. The predicted molar refractivity (Wildman–Crippen MR) is 96.3 cm³/mol. The van der Waals surface area contributed by atoms with Gasteiger partial charge in [-0.15, -0.1) is 0 Å². The lowest BCUT2D eigenvalue weighted by Gasteiger charge is -2.12. The molecule has 2 rings (SSSR count). The minimum atomic E-state index is -5.52. The van der Waals surface area contributed by atoms with Crippen LogP contribution in [0.1, 0.15) is 16.7 Å². The number of aryl methyl sites for hydroxylation is 1. The van der Waals surface area contributed by atoms with E-state index in [0.29, 0.717) is 5.56 Å². The van der Waals surface area contributed by atoms with E-state index < -0.39 is 15.5 Å². The van der Waals surface area contributed by atoms with Gasteiger partial charge in [0.05, 0.1) is 11.9 Å². The van der Waals surface area contributed by atoms with E-state index in [-0.39, 0.29) is 17.9 Å². The van der Waals surface area contributed by atoms with Crippen molar-refractivity contribution in [3.05, 3.63) is 63.6 Å². The summed E-state index contributed by atoms with van der Waals surface area (Å²) >= 11 is 3.30. The van der Waals surface area contributed by atoms with Gasteiger partial charge in [0.2, 0.25) is 0 Å². The Hall–Kier alpha value is -2.07. The van der Waals surface area contributed by atoms with Crippen molar-refractivity contribution in [1.29, 1.82) is 0 Å². The van der Waals surface area contributed by atoms with Gasteiger partial charge in [-0.05, 0) is 36.8 Å². The van der Waals surface area contributed by atoms with Crippen LogP contribution in [0.25, 0.3) is 0 Å². The van der Waals surface area contributed by atoms with Gasteiger partial charge >= 0.3 is 15.5 Å². The number of sulfonamides is 1. The van der Waals surface area contributed by atoms with Gasteiger partial charge in [0, 0.05) is 10.0 Å². The van der Waals surface area contributed by atoms with Gasteiger partial charge in [-0.2, -0.15) is 21.6 Å². The summed E-state index contributed by atoms with van der Waals surface area (Å²) in [5.41, 5.74) is -3.95. The third-order valence-electron chi connectivity index (χ3n) is 3.17. The van der Waals surface area contributed by atoms with Crippen LogP contribution in [0.15, 0.2) is 52.1 Å². The van der Waals surface area contributed by atoms with Crippen molar-refractivity contribution in [2.45, 2.75) is 19.0 Å². The molecule has 0 aromatic heterocycles. The molecule has 1 N–H and O–H groups in total. The Morgan fingerprint density at radius 2 is 1.85 bits per heavy atom. The van der Waals surface area contributed by atoms with E-state index in [4.69, 9.17) is 4.84 Å². The minimum absolute atomic E-state index is 0.147. The zero-order valence-electron chi connectivity index (χ0n) is 13.4. The first-order valence-electron chi connectivity index (χ1n) is 7.18. The second-order valence-electron chi connectivity index (χ2n) is 5.28. The van der Waals surface area contributed by atoms with Gasteiger partial charge < -0.3 is 4.84 Å². The van der Waals surface area contributed by atoms with E-state index in [1.165, 1.54) is 22.9 Å². The molecule has 0 bridgehead atoms. The van der Waals surface area contributed by atoms with Gasteiger partial charge in [0.1, 0.15) is 6.61 Å². The molecule has 0 aliphatic carbocycles. The van der Waals surface area contributed by atoms with Gasteiger partial charge in [0.25, 0.3) is 0 Å². The minimum Gasteiger partial charge on any atom is -0.391 e. The number of hydrogen-bond donors (Lipinski definition) is 1. The third-order valence-corrected chi connectivity index (χ3v) is 4.79. The lowest BCUT2D eigenvalue weighted by atomic mass is 10.1. The van der Waals surface area contributed by atoms with Crippen LogP contribution in [0.2, 0.25) is 0 Å². The smallest absolute Gasteiger partial charge is 0.391 e. The summed E-state index contributed by atoms with van der Waals surface area (Å²) < 4.78 is 62.6. The summed E-state index contributed by atoms with van der Waals surface area (Å²) in [6.45, 7) is 1.86. The molecule has 10 heteroatoms. The SMILES string of the molecule is Cc1ccc(NS(=O)(=O)C(F)(F)F)c(/C=N/OCc2ccc(Br)cc2)c1. The van der Waals surface area contributed by atoms with E-state index in [2.05, 4.69) is 21.1 Å². The zero-order chi connectivity index (χ0) is 19.4. The summed E-state index contributed by atoms with van der Waals surface area (Å²) in [6, 6.07) is 11.5. The molecule has 0 aliphatic heterocycles. The van der Waals surface area contributed by atoms with Crippen molar-refractivity contribution < 1.29 is 26.4 Å². The Bertz CT molecular complexity index is 898. The highest BCUT2D eigenvalue weighted by Crippen LogP contribution is 2.27. The van der Waals surface area contributed by atoms with Crippen LogP contribution in [0, 0.1) is 6.92 Å². The van der Waals surface area contributed by atoms with Crippen LogP contribution in [0.3, 0.4) is 0 Å². The summed E-state index contributed by atoms with van der Waals surface area (Å²) in [4.78, 5) is 5.11. The Morgan fingerprint density at radius 3 is 2.46 bits per heavy atom. The average Bonchev–Trinajstić information content (AvgIpc) is 2.54. The summed E-state index contributed by atoms with van der Waals surface area (Å²) in [5.74, 6) is 0. The summed E-state index contributed by atoms with van der Waals surface area (Å²) in [6.07, 6.45) is 1.15. The number of alkyl halides is 3. The van der Waals surface area contributed by atoms with Crippen LogP contribution < -0.4 is 4.72 Å². The number of oxime groups is 1. The highest BCUT2D eigenvalue weighted by atomic mass is 79.9. The molecule has 0 saturated heterocycles. The number of halogens is 4. The van der Waals surface area contributed by atoms with E-state index in [0.717, 1.165) is 16.3 Å². The maximum absolute atomic E-state index is 12.5.